The molecule has 5 heteroatoms. The molecule has 104 valence electrons. The fourth-order valence-corrected chi connectivity index (χ4v) is 2.69. The van der Waals surface area contributed by atoms with E-state index in [1.165, 1.54) is 10.6 Å². The van der Waals surface area contributed by atoms with Crippen LogP contribution in [0.5, 0.6) is 0 Å². The molecule has 19 heavy (non-hydrogen) atoms. The van der Waals surface area contributed by atoms with Crippen LogP contribution in [-0.4, -0.2) is 16.0 Å². The zero-order chi connectivity index (χ0) is 14.0. The Hall–Kier alpha value is -1.62. The van der Waals surface area contributed by atoms with Crippen molar-refractivity contribution in [2.75, 3.05) is 5.32 Å². The number of aryl methyl sites for hydroxylation is 1. The van der Waals surface area contributed by atoms with Crippen molar-refractivity contribution in [2.24, 2.45) is 18.7 Å². The van der Waals surface area contributed by atoms with E-state index >= 15 is 0 Å². The number of carbonyl (C=O) groups is 1. The summed E-state index contributed by atoms with van der Waals surface area (Å²) < 4.78 is 1.44. The molecule has 0 aliphatic heterocycles. The number of nitrogens with two attached hydrogens (primary N) is 1. The predicted octanol–water partition coefficient (Wildman–Crippen LogP) is 1.23. The van der Waals surface area contributed by atoms with Gasteiger partial charge in [-0.15, -0.1) is 0 Å². The van der Waals surface area contributed by atoms with Gasteiger partial charge in [0.05, 0.1) is 11.6 Å². The molecule has 1 aromatic rings. The van der Waals surface area contributed by atoms with Gasteiger partial charge in [-0.3, -0.25) is 9.59 Å². The van der Waals surface area contributed by atoms with Crippen molar-refractivity contribution in [3.05, 3.63) is 28.7 Å². The smallest absolute Gasteiger partial charge is 0.250 e. The number of nitrogens with one attached hydrogen (secondary N) is 1. The maximum absolute atomic E-state index is 12.3. The monoisotopic (exact) mass is 263 g/mol. The summed E-state index contributed by atoms with van der Waals surface area (Å²) in [5.41, 5.74) is 6.31. The average molecular weight is 263 g/mol. The van der Waals surface area contributed by atoms with Crippen LogP contribution in [0.25, 0.3) is 0 Å². The highest BCUT2D eigenvalue weighted by Gasteiger charge is 2.37. The Bertz CT molecular complexity index is 534. The van der Waals surface area contributed by atoms with E-state index in [0.717, 1.165) is 25.7 Å². The van der Waals surface area contributed by atoms with Gasteiger partial charge in [0.25, 0.3) is 0 Å². The summed E-state index contributed by atoms with van der Waals surface area (Å²) >= 11 is 0. The van der Waals surface area contributed by atoms with Gasteiger partial charge in [0.1, 0.15) is 0 Å². The first kappa shape index (κ1) is 13.8. The van der Waals surface area contributed by atoms with Crippen molar-refractivity contribution in [1.29, 1.82) is 0 Å². The summed E-state index contributed by atoms with van der Waals surface area (Å²) in [5, 5.41) is 2.86. The Morgan fingerprint density at radius 2 is 2.21 bits per heavy atom. The van der Waals surface area contributed by atoms with Crippen LogP contribution in [0.15, 0.2) is 23.1 Å². The second-order valence-corrected chi connectivity index (χ2v) is 5.66. The van der Waals surface area contributed by atoms with E-state index in [9.17, 15) is 9.59 Å². The minimum atomic E-state index is -0.441. The first-order valence-corrected chi connectivity index (χ1v) is 6.66. The van der Waals surface area contributed by atoms with Crippen molar-refractivity contribution < 1.29 is 4.79 Å². The molecule has 2 unspecified atom stereocenters. The molecule has 1 aromatic heterocycles. The van der Waals surface area contributed by atoms with Crippen LogP contribution < -0.4 is 16.6 Å². The van der Waals surface area contributed by atoms with Crippen LogP contribution in [0, 0.1) is 5.92 Å². The van der Waals surface area contributed by atoms with Gasteiger partial charge in [-0.05, 0) is 25.8 Å². The van der Waals surface area contributed by atoms with E-state index < -0.39 is 5.54 Å². The van der Waals surface area contributed by atoms with Gasteiger partial charge < -0.3 is 15.6 Å². The molecule has 2 atom stereocenters. The third-order valence-electron chi connectivity index (χ3n) is 3.92. The number of hydrogen-bond acceptors (Lipinski definition) is 3. The fourth-order valence-electron chi connectivity index (χ4n) is 2.69. The van der Waals surface area contributed by atoms with Gasteiger partial charge >= 0.3 is 0 Å². The minimum Gasteiger partial charge on any atom is -0.325 e. The lowest BCUT2D eigenvalue weighted by Crippen LogP contribution is -2.51. The lowest BCUT2D eigenvalue weighted by molar-refractivity contribution is -0.122. The highest BCUT2D eigenvalue weighted by molar-refractivity contribution is 5.93. The SMILES string of the molecule is Cn1cc(NC(=O)C2CCCCC2(C)N)ccc1=O. The molecule has 5 nitrogen and oxygen atoms in total. The Morgan fingerprint density at radius 3 is 2.84 bits per heavy atom. The Morgan fingerprint density at radius 1 is 1.47 bits per heavy atom. The molecule has 0 radical (unpaired) electrons. The molecule has 0 saturated heterocycles. The van der Waals surface area contributed by atoms with E-state index in [1.54, 1.807) is 19.3 Å². The largest absolute Gasteiger partial charge is 0.325 e. The van der Waals surface area contributed by atoms with Crippen molar-refractivity contribution in [3.8, 4) is 0 Å². The lowest BCUT2D eigenvalue weighted by atomic mass is 9.74. The topological polar surface area (TPSA) is 77.1 Å². The number of amides is 1. The number of anilines is 1. The summed E-state index contributed by atoms with van der Waals surface area (Å²) in [5.74, 6) is -0.221. The van der Waals surface area contributed by atoms with Crippen molar-refractivity contribution >= 4 is 11.6 Å². The summed E-state index contributed by atoms with van der Waals surface area (Å²) in [6, 6.07) is 3.06. The van der Waals surface area contributed by atoms with Crippen LogP contribution >= 0.6 is 0 Å². The summed E-state index contributed by atoms with van der Waals surface area (Å²) in [6.07, 6.45) is 5.44. The number of rotatable bonds is 2. The van der Waals surface area contributed by atoms with Crippen molar-refractivity contribution in [3.63, 3.8) is 0 Å². The average Bonchev–Trinajstić information content (AvgIpc) is 2.33. The molecule has 1 saturated carbocycles. The van der Waals surface area contributed by atoms with Crippen molar-refractivity contribution in [1.82, 2.24) is 4.57 Å². The first-order chi connectivity index (χ1) is 8.90. The highest BCUT2D eigenvalue weighted by atomic mass is 16.2. The molecule has 0 spiro atoms. The number of carbonyl (C=O) groups excluding carboxylic acids is 1. The second kappa shape index (κ2) is 5.17. The number of hydrogen-bond donors (Lipinski definition) is 2. The maximum atomic E-state index is 12.3. The van der Waals surface area contributed by atoms with Crippen LogP contribution in [0.4, 0.5) is 5.69 Å². The van der Waals surface area contributed by atoms with E-state index in [2.05, 4.69) is 5.32 Å². The third kappa shape index (κ3) is 3.04. The standard InChI is InChI=1S/C14H21N3O2/c1-14(15)8-4-3-5-11(14)13(19)16-10-6-7-12(18)17(2)9-10/h6-7,9,11H,3-5,8,15H2,1-2H3,(H,16,19). The molecular weight excluding hydrogens is 242 g/mol. The first-order valence-electron chi connectivity index (χ1n) is 6.66. The Labute approximate surface area is 112 Å². The maximum Gasteiger partial charge on any atom is 0.250 e. The predicted molar refractivity (Wildman–Crippen MR) is 74.9 cm³/mol. The summed E-state index contributed by atoms with van der Waals surface area (Å²) in [7, 11) is 1.66. The third-order valence-corrected chi connectivity index (χ3v) is 3.92. The van der Waals surface area contributed by atoms with Crippen LogP contribution in [-0.2, 0) is 11.8 Å². The van der Waals surface area contributed by atoms with Gasteiger partial charge in [0.2, 0.25) is 11.5 Å². The van der Waals surface area contributed by atoms with E-state index in [-0.39, 0.29) is 17.4 Å². The molecule has 0 bridgehead atoms. The van der Waals surface area contributed by atoms with Gasteiger partial charge in [-0.2, -0.15) is 0 Å². The van der Waals surface area contributed by atoms with Crippen LogP contribution in [0.1, 0.15) is 32.6 Å². The number of aromatic nitrogens is 1. The Kier molecular flexibility index (Phi) is 3.75. The summed E-state index contributed by atoms with van der Waals surface area (Å²) in [6.45, 7) is 1.94. The number of pyridine rings is 1. The van der Waals surface area contributed by atoms with E-state index in [0.29, 0.717) is 5.69 Å². The molecule has 2 rings (SSSR count). The molecule has 0 aromatic carbocycles. The molecular formula is C14H21N3O2. The minimum absolute atomic E-state index is 0.0525. The zero-order valence-electron chi connectivity index (χ0n) is 11.5. The molecule has 1 fully saturated rings. The molecule has 1 aliphatic carbocycles. The lowest BCUT2D eigenvalue weighted by Gasteiger charge is -2.37. The normalized spacial score (nSPS) is 27.0. The van der Waals surface area contributed by atoms with E-state index in [1.807, 2.05) is 6.92 Å². The summed E-state index contributed by atoms with van der Waals surface area (Å²) in [4.78, 5) is 23.6. The molecule has 3 N–H and O–H groups in total. The van der Waals surface area contributed by atoms with Crippen LogP contribution in [0.3, 0.4) is 0 Å². The second-order valence-electron chi connectivity index (χ2n) is 5.66. The zero-order valence-corrected chi connectivity index (χ0v) is 11.5. The number of nitrogens with zero attached hydrogens (tertiary/aromatic N) is 1. The van der Waals surface area contributed by atoms with Gasteiger partial charge in [0.15, 0.2) is 0 Å². The fraction of sp³-hybridized carbons (Fsp3) is 0.571. The molecule has 1 heterocycles. The van der Waals surface area contributed by atoms with E-state index in [4.69, 9.17) is 5.73 Å². The Balaban J connectivity index is 2.12. The quantitative estimate of drug-likeness (QED) is 0.842. The molecule has 1 aliphatic rings. The highest BCUT2D eigenvalue weighted by Crippen LogP contribution is 2.32. The van der Waals surface area contributed by atoms with Crippen LogP contribution in [0.2, 0.25) is 0 Å². The van der Waals surface area contributed by atoms with Gasteiger partial charge in [-0.1, -0.05) is 12.8 Å². The van der Waals surface area contributed by atoms with Gasteiger partial charge in [-0.25, -0.2) is 0 Å². The molecule has 1 amide bonds. The van der Waals surface area contributed by atoms with Crippen molar-refractivity contribution in [2.45, 2.75) is 38.1 Å². The van der Waals surface area contributed by atoms with Gasteiger partial charge in [0, 0.05) is 24.8 Å².